The molecule has 26 heavy (non-hydrogen) atoms. The summed E-state index contributed by atoms with van der Waals surface area (Å²) in [6.07, 6.45) is 0.127. The first-order valence-electron chi connectivity index (χ1n) is 8.39. The van der Waals surface area contributed by atoms with Gasteiger partial charge in [-0.2, -0.15) is 0 Å². The predicted molar refractivity (Wildman–Crippen MR) is 101 cm³/mol. The number of hydrogen-bond donors (Lipinski definition) is 3. The Hall–Kier alpha value is -3.15. The van der Waals surface area contributed by atoms with E-state index < -0.39 is 0 Å². The summed E-state index contributed by atoms with van der Waals surface area (Å²) in [5.41, 5.74) is 2.46. The lowest BCUT2D eigenvalue weighted by molar-refractivity contribution is -0.116. The van der Waals surface area contributed by atoms with Crippen molar-refractivity contribution in [2.24, 2.45) is 0 Å². The van der Waals surface area contributed by atoms with Gasteiger partial charge in [0.2, 0.25) is 5.91 Å². The van der Waals surface area contributed by atoms with Crippen molar-refractivity contribution in [3.63, 3.8) is 0 Å². The topological polar surface area (TPSA) is 87.3 Å². The SMILES string of the molecule is CNC(=O)c1ccc(C)c(NC(=O)CC(C)NC(=O)c2ccccc2)c1. The van der Waals surface area contributed by atoms with E-state index in [1.54, 1.807) is 56.4 Å². The fourth-order valence-corrected chi connectivity index (χ4v) is 2.47. The summed E-state index contributed by atoms with van der Waals surface area (Å²) in [6, 6.07) is 13.6. The number of nitrogens with one attached hydrogen (secondary N) is 3. The number of carbonyl (C=O) groups is 3. The fourth-order valence-electron chi connectivity index (χ4n) is 2.47. The highest BCUT2D eigenvalue weighted by atomic mass is 16.2. The van der Waals surface area contributed by atoms with Gasteiger partial charge in [-0.15, -0.1) is 0 Å². The molecule has 0 aliphatic heterocycles. The van der Waals surface area contributed by atoms with Crippen molar-refractivity contribution in [1.82, 2.24) is 10.6 Å². The van der Waals surface area contributed by atoms with Crippen LogP contribution in [-0.2, 0) is 4.79 Å². The molecule has 0 aliphatic carbocycles. The molecule has 0 heterocycles. The van der Waals surface area contributed by atoms with Gasteiger partial charge in [0.1, 0.15) is 0 Å². The van der Waals surface area contributed by atoms with Gasteiger partial charge in [0.25, 0.3) is 11.8 Å². The monoisotopic (exact) mass is 353 g/mol. The summed E-state index contributed by atoms with van der Waals surface area (Å²) in [4.78, 5) is 36.1. The smallest absolute Gasteiger partial charge is 0.251 e. The molecule has 6 heteroatoms. The highest BCUT2D eigenvalue weighted by Crippen LogP contribution is 2.17. The van der Waals surface area contributed by atoms with Gasteiger partial charge in [0.15, 0.2) is 0 Å². The molecule has 6 nitrogen and oxygen atoms in total. The predicted octanol–water partition coefficient (Wildman–Crippen LogP) is 2.50. The maximum absolute atomic E-state index is 12.3. The molecule has 1 unspecified atom stereocenters. The van der Waals surface area contributed by atoms with Gasteiger partial charge >= 0.3 is 0 Å². The normalized spacial score (nSPS) is 11.3. The van der Waals surface area contributed by atoms with Gasteiger partial charge in [-0.1, -0.05) is 24.3 Å². The summed E-state index contributed by atoms with van der Waals surface area (Å²) in [6.45, 7) is 3.62. The highest BCUT2D eigenvalue weighted by molar-refractivity contribution is 5.98. The molecule has 0 saturated heterocycles. The van der Waals surface area contributed by atoms with Gasteiger partial charge in [0, 0.05) is 36.3 Å². The van der Waals surface area contributed by atoms with Gasteiger partial charge in [-0.3, -0.25) is 14.4 Å². The third-order valence-corrected chi connectivity index (χ3v) is 3.91. The van der Waals surface area contributed by atoms with E-state index in [0.717, 1.165) is 5.56 Å². The van der Waals surface area contributed by atoms with E-state index in [0.29, 0.717) is 16.8 Å². The fraction of sp³-hybridized carbons (Fsp3) is 0.250. The lowest BCUT2D eigenvalue weighted by Gasteiger charge is -2.15. The molecule has 3 N–H and O–H groups in total. The maximum Gasteiger partial charge on any atom is 0.251 e. The van der Waals surface area contributed by atoms with Crippen molar-refractivity contribution >= 4 is 23.4 Å². The van der Waals surface area contributed by atoms with Crippen LogP contribution in [0.2, 0.25) is 0 Å². The van der Waals surface area contributed by atoms with Crippen molar-refractivity contribution in [3.05, 3.63) is 65.2 Å². The van der Waals surface area contributed by atoms with Crippen LogP contribution >= 0.6 is 0 Å². The summed E-state index contributed by atoms with van der Waals surface area (Å²) in [5.74, 6) is -0.671. The molecular weight excluding hydrogens is 330 g/mol. The molecule has 0 saturated carbocycles. The van der Waals surface area contributed by atoms with E-state index in [4.69, 9.17) is 0 Å². The van der Waals surface area contributed by atoms with Gasteiger partial charge < -0.3 is 16.0 Å². The Morgan fingerprint density at radius 3 is 2.31 bits per heavy atom. The van der Waals surface area contributed by atoms with Crippen LogP contribution in [0.1, 0.15) is 39.6 Å². The zero-order valence-electron chi connectivity index (χ0n) is 15.1. The largest absolute Gasteiger partial charge is 0.355 e. The van der Waals surface area contributed by atoms with E-state index in [-0.39, 0.29) is 30.2 Å². The van der Waals surface area contributed by atoms with Crippen LogP contribution in [0.4, 0.5) is 5.69 Å². The van der Waals surface area contributed by atoms with Crippen molar-refractivity contribution in [3.8, 4) is 0 Å². The van der Waals surface area contributed by atoms with Crippen molar-refractivity contribution in [2.45, 2.75) is 26.3 Å². The van der Waals surface area contributed by atoms with Crippen molar-refractivity contribution in [2.75, 3.05) is 12.4 Å². The van der Waals surface area contributed by atoms with Crippen LogP contribution in [0, 0.1) is 6.92 Å². The Morgan fingerprint density at radius 2 is 1.65 bits per heavy atom. The van der Waals surface area contributed by atoms with Crippen molar-refractivity contribution in [1.29, 1.82) is 0 Å². The van der Waals surface area contributed by atoms with Crippen LogP contribution in [0.3, 0.4) is 0 Å². The van der Waals surface area contributed by atoms with E-state index in [9.17, 15) is 14.4 Å². The number of rotatable bonds is 6. The highest BCUT2D eigenvalue weighted by Gasteiger charge is 2.14. The lowest BCUT2D eigenvalue weighted by Crippen LogP contribution is -2.35. The van der Waals surface area contributed by atoms with Crippen LogP contribution in [0.15, 0.2) is 48.5 Å². The summed E-state index contributed by atoms with van der Waals surface area (Å²) in [5, 5.41) is 8.16. The number of anilines is 1. The van der Waals surface area contributed by atoms with Gasteiger partial charge in [-0.05, 0) is 43.7 Å². The number of aryl methyl sites for hydroxylation is 1. The molecule has 1 atom stereocenters. The Morgan fingerprint density at radius 1 is 0.962 bits per heavy atom. The lowest BCUT2D eigenvalue weighted by atomic mass is 10.1. The standard InChI is InChI=1S/C20H23N3O3/c1-13-9-10-16(19(25)21-3)12-17(13)23-18(24)11-14(2)22-20(26)15-7-5-4-6-8-15/h4-10,12,14H,11H2,1-3H3,(H,21,25)(H,22,26)(H,23,24). The average molecular weight is 353 g/mol. The van der Waals surface area contributed by atoms with Crippen LogP contribution in [-0.4, -0.2) is 30.8 Å². The molecule has 3 amide bonds. The molecule has 0 radical (unpaired) electrons. The first-order chi connectivity index (χ1) is 12.4. The Balaban J connectivity index is 1.96. The minimum absolute atomic E-state index is 0.127. The molecule has 2 aromatic carbocycles. The minimum Gasteiger partial charge on any atom is -0.355 e. The second-order valence-corrected chi connectivity index (χ2v) is 6.10. The van der Waals surface area contributed by atoms with Gasteiger partial charge in [-0.25, -0.2) is 0 Å². The summed E-state index contributed by atoms with van der Waals surface area (Å²) < 4.78 is 0. The molecule has 136 valence electrons. The van der Waals surface area contributed by atoms with E-state index in [1.807, 2.05) is 13.0 Å². The van der Waals surface area contributed by atoms with E-state index >= 15 is 0 Å². The third-order valence-electron chi connectivity index (χ3n) is 3.91. The molecule has 2 aromatic rings. The average Bonchev–Trinajstić information content (AvgIpc) is 2.63. The first-order valence-corrected chi connectivity index (χ1v) is 8.39. The summed E-state index contributed by atoms with van der Waals surface area (Å²) >= 11 is 0. The minimum atomic E-state index is -0.329. The molecule has 0 spiro atoms. The Labute approximate surface area is 153 Å². The Bertz CT molecular complexity index is 803. The number of carbonyl (C=O) groups excluding carboxylic acids is 3. The van der Waals surface area contributed by atoms with Gasteiger partial charge in [0.05, 0.1) is 0 Å². The molecule has 0 bridgehead atoms. The zero-order chi connectivity index (χ0) is 19.1. The maximum atomic E-state index is 12.3. The second kappa shape index (κ2) is 8.80. The number of benzene rings is 2. The van der Waals surface area contributed by atoms with Crippen molar-refractivity contribution < 1.29 is 14.4 Å². The number of amides is 3. The molecule has 0 fully saturated rings. The second-order valence-electron chi connectivity index (χ2n) is 6.10. The Kier molecular flexibility index (Phi) is 6.49. The van der Waals surface area contributed by atoms with E-state index in [2.05, 4.69) is 16.0 Å². The third kappa shape index (κ3) is 5.17. The molecule has 0 aliphatic rings. The van der Waals surface area contributed by atoms with Crippen LogP contribution < -0.4 is 16.0 Å². The van der Waals surface area contributed by atoms with E-state index in [1.165, 1.54) is 0 Å². The summed E-state index contributed by atoms with van der Waals surface area (Å²) in [7, 11) is 1.55. The molecular formula is C20H23N3O3. The first kappa shape index (κ1) is 19.2. The zero-order valence-corrected chi connectivity index (χ0v) is 15.1. The van der Waals surface area contributed by atoms with Crippen LogP contribution in [0.5, 0.6) is 0 Å². The van der Waals surface area contributed by atoms with Crippen LogP contribution in [0.25, 0.3) is 0 Å². The molecule has 0 aromatic heterocycles. The number of hydrogen-bond acceptors (Lipinski definition) is 3. The molecule has 2 rings (SSSR count). The quantitative estimate of drug-likeness (QED) is 0.746.